The molecule has 0 aromatic heterocycles. The maximum atomic E-state index is 11.6. The topological polar surface area (TPSA) is 116 Å². The molecule has 0 bridgehead atoms. The molecule has 0 fully saturated rings. The van der Waals surface area contributed by atoms with Crippen LogP contribution in [0.25, 0.3) is 0 Å². The first kappa shape index (κ1) is 12.5. The first-order valence-corrected chi connectivity index (χ1v) is 7.12. The van der Waals surface area contributed by atoms with Gasteiger partial charge in [0.25, 0.3) is 0 Å². The van der Waals surface area contributed by atoms with Gasteiger partial charge in [-0.25, -0.2) is 22.8 Å². The molecule has 10 heteroatoms. The van der Waals surface area contributed by atoms with Crippen molar-refractivity contribution < 1.29 is 12.6 Å². The fourth-order valence-corrected chi connectivity index (χ4v) is 3.24. The Labute approximate surface area is 104 Å². The van der Waals surface area contributed by atoms with Crippen LogP contribution in [0.4, 0.5) is 5.69 Å². The Morgan fingerprint density at radius 3 is 2.71 bits per heavy atom. The van der Waals surface area contributed by atoms with Crippen LogP contribution in [0.5, 0.6) is 0 Å². The standard InChI is InChI=1S/C7H5ClN3O4S2/c8-4-1-5-6(2-7(4)17(9,14)15)16(13)11(12)3-10-5/h1-3H,(H2,9,14,15)/q-1. The minimum Gasteiger partial charge on any atom is -0.745 e. The van der Waals surface area contributed by atoms with E-state index in [1.54, 1.807) is 0 Å². The summed E-state index contributed by atoms with van der Waals surface area (Å²) in [5.41, 5.74) is 0.174. The molecule has 1 unspecified atom stereocenters. The van der Waals surface area contributed by atoms with Crippen molar-refractivity contribution in [1.82, 2.24) is 4.47 Å². The van der Waals surface area contributed by atoms with E-state index in [0.717, 1.165) is 12.4 Å². The van der Waals surface area contributed by atoms with Crippen molar-refractivity contribution in [2.45, 2.75) is 9.79 Å². The minimum atomic E-state index is -4.05. The van der Waals surface area contributed by atoms with Gasteiger partial charge in [0, 0.05) is 0 Å². The molecule has 17 heavy (non-hydrogen) atoms. The van der Waals surface area contributed by atoms with Crippen LogP contribution in [0, 0.1) is 5.21 Å². The molecule has 1 aromatic rings. The van der Waals surface area contributed by atoms with E-state index < -0.39 is 25.9 Å². The highest BCUT2D eigenvalue weighted by Gasteiger charge is 2.22. The normalized spacial score (nSPS) is 19.2. The zero-order chi connectivity index (χ0) is 12.8. The Balaban J connectivity index is 2.73. The van der Waals surface area contributed by atoms with Crippen LogP contribution in [0.3, 0.4) is 0 Å². The van der Waals surface area contributed by atoms with Gasteiger partial charge in [0.15, 0.2) is 0 Å². The number of aliphatic imine (C=N–C) groups is 1. The summed E-state index contributed by atoms with van der Waals surface area (Å²) in [6, 6.07) is 2.18. The van der Waals surface area contributed by atoms with Gasteiger partial charge in [-0.1, -0.05) is 11.6 Å². The van der Waals surface area contributed by atoms with Crippen molar-refractivity contribution in [3.8, 4) is 0 Å². The van der Waals surface area contributed by atoms with Gasteiger partial charge < -0.3 is 9.68 Å². The Hall–Kier alpha value is -1.00. The summed E-state index contributed by atoms with van der Waals surface area (Å²) < 4.78 is 34.0. The van der Waals surface area contributed by atoms with Crippen molar-refractivity contribution >= 4 is 44.6 Å². The first-order chi connectivity index (χ1) is 7.80. The van der Waals surface area contributed by atoms with Gasteiger partial charge in [-0.15, -0.1) is 0 Å². The van der Waals surface area contributed by atoms with E-state index in [0.29, 0.717) is 0 Å². The maximum absolute atomic E-state index is 11.6. The van der Waals surface area contributed by atoms with Crippen molar-refractivity contribution in [3.05, 3.63) is 22.4 Å². The molecule has 92 valence electrons. The number of rotatable bonds is 1. The number of hydrogen-bond acceptors (Lipinski definition) is 5. The van der Waals surface area contributed by atoms with E-state index >= 15 is 0 Å². The van der Waals surface area contributed by atoms with Crippen LogP contribution in [-0.4, -0.2) is 23.4 Å². The molecule has 2 N–H and O–H groups in total. The Morgan fingerprint density at radius 1 is 1.47 bits per heavy atom. The largest absolute Gasteiger partial charge is 0.745 e. The number of halogens is 1. The Bertz CT molecular complexity index is 643. The van der Waals surface area contributed by atoms with Crippen LogP contribution in [-0.2, 0) is 21.0 Å². The number of hydrogen-bond donors (Lipinski definition) is 1. The molecule has 2 rings (SSSR count). The summed E-state index contributed by atoms with van der Waals surface area (Å²) in [4.78, 5) is 3.25. The fraction of sp³-hybridized carbons (Fsp3) is 0. The van der Waals surface area contributed by atoms with E-state index in [1.165, 1.54) is 6.07 Å². The zero-order valence-corrected chi connectivity index (χ0v) is 10.4. The van der Waals surface area contributed by atoms with E-state index in [-0.39, 0.29) is 20.1 Å². The van der Waals surface area contributed by atoms with Crippen LogP contribution in [0.2, 0.25) is 5.02 Å². The smallest absolute Gasteiger partial charge is 0.239 e. The van der Waals surface area contributed by atoms with Crippen molar-refractivity contribution in [2.75, 3.05) is 0 Å². The third kappa shape index (κ3) is 2.19. The van der Waals surface area contributed by atoms with E-state index in [1.807, 2.05) is 0 Å². The summed E-state index contributed by atoms with van der Waals surface area (Å²) in [7, 11) is -6.11. The molecule has 0 saturated heterocycles. The van der Waals surface area contributed by atoms with Gasteiger partial charge in [0.05, 0.1) is 21.9 Å². The molecule has 7 nitrogen and oxygen atoms in total. The number of fused-ring (bicyclic) bond motifs is 1. The van der Waals surface area contributed by atoms with Crippen molar-refractivity contribution in [2.24, 2.45) is 10.1 Å². The molecule has 1 heterocycles. The molecule has 0 saturated carbocycles. The Morgan fingerprint density at radius 2 is 2.12 bits per heavy atom. The lowest BCUT2D eigenvalue weighted by Gasteiger charge is -2.27. The molecular formula is C7H5ClN3O4S2-. The van der Waals surface area contributed by atoms with Crippen LogP contribution < -0.4 is 5.14 Å². The highest BCUT2D eigenvalue weighted by atomic mass is 35.5. The SMILES string of the molecule is NS(=O)(=O)c1cc2c(cc1Cl)N=CN([O-])S2=O. The second-order valence-corrected chi connectivity index (χ2v) is 6.31. The summed E-state index contributed by atoms with van der Waals surface area (Å²) in [6.07, 6.45) is 0.825. The molecule has 1 aromatic carbocycles. The third-order valence-corrected chi connectivity index (χ3v) is 4.46. The number of primary sulfonamides is 1. The van der Waals surface area contributed by atoms with Gasteiger partial charge in [-0.3, -0.25) is 0 Å². The molecule has 0 aliphatic carbocycles. The Kier molecular flexibility index (Phi) is 2.96. The maximum Gasteiger partial charge on any atom is 0.239 e. The minimum absolute atomic E-state index is 0.0454. The predicted molar refractivity (Wildman–Crippen MR) is 62.6 cm³/mol. The number of benzene rings is 1. The van der Waals surface area contributed by atoms with Gasteiger partial charge in [0.1, 0.15) is 15.9 Å². The summed E-state index contributed by atoms with van der Waals surface area (Å²) >= 11 is 5.71. The highest BCUT2D eigenvalue weighted by Crippen LogP contribution is 2.34. The van der Waals surface area contributed by atoms with Crippen LogP contribution >= 0.6 is 11.6 Å². The molecule has 0 spiro atoms. The number of sulfonamides is 1. The van der Waals surface area contributed by atoms with E-state index in [2.05, 4.69) is 4.99 Å². The predicted octanol–water partition coefficient (Wildman–Crippen LogP) is 0.483. The average Bonchev–Trinajstić information content (AvgIpc) is 2.21. The number of hydroxylamine groups is 1. The lowest BCUT2D eigenvalue weighted by atomic mass is 10.3. The van der Waals surface area contributed by atoms with Gasteiger partial charge in [0.2, 0.25) is 10.0 Å². The van der Waals surface area contributed by atoms with Crippen LogP contribution in [0.1, 0.15) is 0 Å². The van der Waals surface area contributed by atoms with Crippen molar-refractivity contribution in [3.63, 3.8) is 0 Å². The lowest BCUT2D eigenvalue weighted by molar-refractivity contribution is 0.597. The third-order valence-electron chi connectivity index (χ3n) is 1.96. The molecule has 1 atom stereocenters. The summed E-state index contributed by atoms with van der Waals surface area (Å²) in [6.45, 7) is 0. The van der Waals surface area contributed by atoms with E-state index in [9.17, 15) is 17.8 Å². The first-order valence-electron chi connectivity index (χ1n) is 4.09. The molecule has 0 radical (unpaired) electrons. The molecule has 0 amide bonds. The monoisotopic (exact) mass is 294 g/mol. The molecule has 1 aliphatic rings. The van der Waals surface area contributed by atoms with Gasteiger partial charge >= 0.3 is 0 Å². The number of nitrogens with zero attached hydrogens (tertiary/aromatic N) is 2. The summed E-state index contributed by atoms with van der Waals surface area (Å²) in [5, 5.41) is 15.8. The van der Waals surface area contributed by atoms with E-state index in [4.69, 9.17) is 16.7 Å². The zero-order valence-electron chi connectivity index (χ0n) is 8.03. The number of nitrogens with two attached hydrogens (primary N) is 1. The fourth-order valence-electron chi connectivity index (χ4n) is 1.23. The lowest BCUT2D eigenvalue weighted by Crippen LogP contribution is -2.21. The second kappa shape index (κ2) is 4.03. The highest BCUT2D eigenvalue weighted by molar-refractivity contribution is 7.89. The quantitative estimate of drug-likeness (QED) is 0.811. The van der Waals surface area contributed by atoms with Crippen molar-refractivity contribution in [1.29, 1.82) is 0 Å². The van der Waals surface area contributed by atoms with Gasteiger partial charge in [-0.05, 0) is 12.1 Å². The van der Waals surface area contributed by atoms with Crippen LogP contribution in [0.15, 0.2) is 26.9 Å². The van der Waals surface area contributed by atoms with Gasteiger partial charge in [-0.2, -0.15) is 0 Å². The average molecular weight is 295 g/mol. The second-order valence-electron chi connectivity index (χ2n) is 3.07. The molecule has 1 aliphatic heterocycles. The molecular weight excluding hydrogens is 290 g/mol. The summed E-state index contributed by atoms with van der Waals surface area (Å²) in [5.74, 6) is 0.